The highest BCUT2D eigenvalue weighted by atomic mass is 35.5. The predicted molar refractivity (Wildman–Crippen MR) is 66.9 cm³/mol. The molecule has 1 aliphatic rings. The number of hydrogen-bond acceptors (Lipinski definition) is 3. The Balaban J connectivity index is 0.00000256. The standard InChI is InChI=1S/C11H19FN2O2.ClH/c1-8(6-12)14-7-11(4-5-11)3-2-9(13)10(15)16;/h9,14H,1-7,13H2,(H,15,16);1H. The van der Waals surface area contributed by atoms with Crippen molar-refractivity contribution in [2.45, 2.75) is 31.7 Å². The molecule has 0 aliphatic heterocycles. The van der Waals surface area contributed by atoms with Crippen molar-refractivity contribution in [3.05, 3.63) is 12.3 Å². The summed E-state index contributed by atoms with van der Waals surface area (Å²) in [5, 5.41) is 11.6. The lowest BCUT2D eigenvalue weighted by atomic mass is 9.97. The van der Waals surface area contributed by atoms with Crippen molar-refractivity contribution in [2.24, 2.45) is 11.1 Å². The quantitative estimate of drug-likeness (QED) is 0.622. The number of carboxylic acid groups (broad SMARTS) is 1. The maximum absolute atomic E-state index is 12.1. The number of halogens is 2. The van der Waals surface area contributed by atoms with Gasteiger partial charge in [-0.25, -0.2) is 4.39 Å². The molecule has 100 valence electrons. The Labute approximate surface area is 107 Å². The van der Waals surface area contributed by atoms with Crippen molar-refractivity contribution in [1.82, 2.24) is 5.32 Å². The summed E-state index contributed by atoms with van der Waals surface area (Å²) in [5.74, 6) is -0.961. The molecule has 0 bridgehead atoms. The zero-order chi connectivity index (χ0) is 12.2. The second kappa shape index (κ2) is 6.81. The molecule has 6 heteroatoms. The van der Waals surface area contributed by atoms with E-state index in [1.54, 1.807) is 0 Å². The van der Waals surface area contributed by atoms with Crippen LogP contribution in [-0.2, 0) is 4.79 Å². The lowest BCUT2D eigenvalue weighted by molar-refractivity contribution is -0.138. The molecule has 0 spiro atoms. The van der Waals surface area contributed by atoms with E-state index in [1.807, 2.05) is 0 Å². The lowest BCUT2D eigenvalue weighted by Crippen LogP contribution is -2.32. The van der Waals surface area contributed by atoms with Gasteiger partial charge in [-0.2, -0.15) is 0 Å². The van der Waals surface area contributed by atoms with Crippen LogP contribution in [0.15, 0.2) is 12.3 Å². The first-order chi connectivity index (χ1) is 7.49. The van der Waals surface area contributed by atoms with Crippen molar-refractivity contribution >= 4 is 18.4 Å². The molecular weight excluding hydrogens is 247 g/mol. The molecule has 4 N–H and O–H groups in total. The topological polar surface area (TPSA) is 75.3 Å². The molecule has 0 heterocycles. The van der Waals surface area contributed by atoms with E-state index in [9.17, 15) is 9.18 Å². The summed E-state index contributed by atoms with van der Waals surface area (Å²) in [4.78, 5) is 10.5. The van der Waals surface area contributed by atoms with Gasteiger partial charge in [0.15, 0.2) is 0 Å². The molecule has 1 atom stereocenters. The van der Waals surface area contributed by atoms with Gasteiger partial charge in [-0.1, -0.05) is 6.58 Å². The first kappa shape index (κ1) is 16.2. The maximum Gasteiger partial charge on any atom is 0.320 e. The molecule has 0 saturated heterocycles. The van der Waals surface area contributed by atoms with Gasteiger partial charge >= 0.3 is 5.97 Å². The molecule has 0 aromatic rings. The normalized spacial score (nSPS) is 17.8. The number of rotatable bonds is 8. The predicted octanol–water partition coefficient (Wildman–Crippen LogP) is 1.45. The summed E-state index contributed by atoms with van der Waals surface area (Å²) in [6, 6.07) is -0.790. The van der Waals surface area contributed by atoms with Gasteiger partial charge in [-0.3, -0.25) is 4.79 Å². The summed E-state index contributed by atoms with van der Waals surface area (Å²) in [6.45, 7) is 3.63. The fraction of sp³-hybridized carbons (Fsp3) is 0.727. The SMILES string of the molecule is C=C(CF)NCC1(CCC(N)C(=O)O)CC1.Cl. The van der Waals surface area contributed by atoms with Crippen molar-refractivity contribution in [2.75, 3.05) is 13.2 Å². The highest BCUT2D eigenvalue weighted by molar-refractivity contribution is 5.85. The Morgan fingerprint density at radius 2 is 2.18 bits per heavy atom. The Bertz CT molecular complexity index is 283. The number of nitrogens with one attached hydrogen (secondary N) is 1. The minimum atomic E-state index is -0.961. The maximum atomic E-state index is 12.1. The van der Waals surface area contributed by atoms with Crippen LogP contribution in [0.2, 0.25) is 0 Å². The third kappa shape index (κ3) is 5.37. The van der Waals surface area contributed by atoms with Crippen LogP contribution in [0, 0.1) is 5.41 Å². The van der Waals surface area contributed by atoms with E-state index in [0.717, 1.165) is 19.3 Å². The number of hydrogen-bond donors (Lipinski definition) is 3. The number of nitrogens with two attached hydrogens (primary N) is 1. The van der Waals surface area contributed by atoms with Gasteiger partial charge in [-0.05, 0) is 31.1 Å². The molecule has 1 saturated carbocycles. The van der Waals surface area contributed by atoms with Gasteiger partial charge in [-0.15, -0.1) is 12.4 Å². The molecule has 1 fully saturated rings. The number of carboxylic acids is 1. The van der Waals surface area contributed by atoms with Gasteiger partial charge in [0.1, 0.15) is 12.7 Å². The van der Waals surface area contributed by atoms with E-state index in [0.29, 0.717) is 18.7 Å². The summed E-state index contributed by atoms with van der Waals surface area (Å²) in [6.07, 6.45) is 3.34. The second-order valence-corrected chi connectivity index (χ2v) is 4.57. The Morgan fingerprint density at radius 3 is 2.59 bits per heavy atom. The van der Waals surface area contributed by atoms with Crippen molar-refractivity contribution in [3.8, 4) is 0 Å². The van der Waals surface area contributed by atoms with Crippen LogP contribution in [0.3, 0.4) is 0 Å². The fourth-order valence-corrected chi connectivity index (χ4v) is 1.64. The molecule has 1 unspecified atom stereocenters. The third-order valence-corrected chi connectivity index (χ3v) is 3.13. The van der Waals surface area contributed by atoms with Crippen molar-refractivity contribution < 1.29 is 14.3 Å². The van der Waals surface area contributed by atoms with Crippen molar-refractivity contribution in [3.63, 3.8) is 0 Å². The Morgan fingerprint density at radius 1 is 1.59 bits per heavy atom. The van der Waals surface area contributed by atoms with Gasteiger partial charge in [0.2, 0.25) is 0 Å². The molecule has 0 radical (unpaired) electrons. The summed E-state index contributed by atoms with van der Waals surface area (Å²) >= 11 is 0. The number of alkyl halides is 1. The van der Waals surface area contributed by atoms with Crippen LogP contribution >= 0.6 is 12.4 Å². The first-order valence-corrected chi connectivity index (χ1v) is 5.45. The molecule has 0 amide bonds. The highest BCUT2D eigenvalue weighted by Crippen LogP contribution is 2.49. The fourth-order valence-electron chi connectivity index (χ4n) is 1.64. The molecule has 1 aliphatic carbocycles. The third-order valence-electron chi connectivity index (χ3n) is 3.13. The summed E-state index contributed by atoms with van der Waals surface area (Å²) in [7, 11) is 0. The largest absolute Gasteiger partial charge is 0.480 e. The van der Waals surface area contributed by atoms with E-state index in [2.05, 4.69) is 11.9 Å². The Kier molecular flexibility index (Phi) is 6.49. The van der Waals surface area contributed by atoms with Gasteiger partial charge < -0.3 is 16.2 Å². The Hall–Kier alpha value is -0.810. The monoisotopic (exact) mass is 266 g/mol. The smallest absolute Gasteiger partial charge is 0.320 e. The van der Waals surface area contributed by atoms with Crippen LogP contribution in [0.1, 0.15) is 25.7 Å². The summed E-state index contributed by atoms with van der Waals surface area (Å²) in [5.41, 5.74) is 5.94. The minimum Gasteiger partial charge on any atom is -0.480 e. The molecular formula is C11H20ClFN2O2. The van der Waals surface area contributed by atoms with Crippen LogP contribution < -0.4 is 11.1 Å². The van der Waals surface area contributed by atoms with Gasteiger partial charge in [0.05, 0.1) is 0 Å². The van der Waals surface area contributed by atoms with E-state index in [1.165, 1.54) is 0 Å². The van der Waals surface area contributed by atoms with Crippen LogP contribution in [0.25, 0.3) is 0 Å². The molecule has 0 aromatic carbocycles. The number of aliphatic carboxylic acids is 1. The average molecular weight is 267 g/mol. The van der Waals surface area contributed by atoms with Crippen LogP contribution in [-0.4, -0.2) is 30.3 Å². The van der Waals surface area contributed by atoms with E-state index >= 15 is 0 Å². The molecule has 17 heavy (non-hydrogen) atoms. The van der Waals surface area contributed by atoms with E-state index < -0.39 is 18.7 Å². The van der Waals surface area contributed by atoms with Crippen LogP contribution in [0.5, 0.6) is 0 Å². The van der Waals surface area contributed by atoms with E-state index in [-0.39, 0.29) is 17.8 Å². The zero-order valence-electron chi connectivity index (χ0n) is 9.75. The highest BCUT2D eigenvalue weighted by Gasteiger charge is 2.42. The molecule has 1 rings (SSSR count). The number of carbonyl (C=O) groups is 1. The number of allylic oxidation sites excluding steroid dienone is 1. The van der Waals surface area contributed by atoms with Crippen LogP contribution in [0.4, 0.5) is 4.39 Å². The molecule has 0 aromatic heterocycles. The van der Waals surface area contributed by atoms with E-state index in [4.69, 9.17) is 10.8 Å². The second-order valence-electron chi connectivity index (χ2n) is 4.57. The lowest BCUT2D eigenvalue weighted by Gasteiger charge is -2.18. The van der Waals surface area contributed by atoms with Gasteiger partial charge in [0.25, 0.3) is 0 Å². The first-order valence-electron chi connectivity index (χ1n) is 5.45. The van der Waals surface area contributed by atoms with Gasteiger partial charge in [0, 0.05) is 12.2 Å². The average Bonchev–Trinajstić information content (AvgIpc) is 3.03. The van der Waals surface area contributed by atoms with Crippen molar-refractivity contribution in [1.29, 1.82) is 0 Å². The molecule has 4 nitrogen and oxygen atoms in total. The minimum absolute atomic E-state index is 0. The zero-order valence-corrected chi connectivity index (χ0v) is 10.6. The summed E-state index contributed by atoms with van der Waals surface area (Å²) < 4.78 is 12.1.